The lowest BCUT2D eigenvalue weighted by molar-refractivity contribution is 0.667. The van der Waals surface area contributed by atoms with Crippen LogP contribution < -0.4 is 5.32 Å². The zero-order chi connectivity index (χ0) is 37.5. The first-order chi connectivity index (χ1) is 28.3. The number of nitrogens with zero attached hydrogens (tertiary/aromatic N) is 3. The Morgan fingerprint density at radius 1 is 0.491 bits per heavy atom. The molecule has 11 aromatic rings. The molecule has 0 bridgehead atoms. The molecule has 4 heterocycles. The maximum absolute atomic E-state index is 7.13. The highest BCUT2D eigenvalue weighted by molar-refractivity contribution is 7.26. The average molecular weight is 749 g/mol. The van der Waals surface area contributed by atoms with Gasteiger partial charge in [0.05, 0.1) is 16.7 Å². The zero-order valence-corrected chi connectivity index (χ0v) is 31.4. The van der Waals surface area contributed by atoms with Crippen molar-refractivity contribution in [3.63, 3.8) is 0 Å². The molecule has 8 aromatic carbocycles. The molecule has 6 heteroatoms. The van der Waals surface area contributed by atoms with Crippen molar-refractivity contribution in [3.05, 3.63) is 199 Å². The largest absolute Gasteiger partial charge is 0.453 e. The SMILES string of the molecule is c1ccc(C2=NC(c3cccc4sc5cccc(-c6cccc7c6oc6c(-n8c9ccccc9c9ccccc98)cccc67)c5c34)NC(c3ccccc3)=N2)cc1. The summed E-state index contributed by atoms with van der Waals surface area (Å²) >= 11 is 1.82. The normalized spacial score (nSPS) is 14.5. The van der Waals surface area contributed by atoms with Gasteiger partial charge in [0.15, 0.2) is 11.4 Å². The van der Waals surface area contributed by atoms with Gasteiger partial charge in [-0.25, -0.2) is 9.98 Å². The van der Waals surface area contributed by atoms with Gasteiger partial charge in [-0.15, -0.1) is 11.3 Å². The third kappa shape index (κ3) is 4.94. The van der Waals surface area contributed by atoms with Crippen LogP contribution in [-0.2, 0) is 0 Å². The highest BCUT2D eigenvalue weighted by Gasteiger charge is 2.26. The van der Waals surface area contributed by atoms with Crippen LogP contribution in [-0.4, -0.2) is 16.2 Å². The Balaban J connectivity index is 1.08. The van der Waals surface area contributed by atoms with Crippen LogP contribution in [0, 0.1) is 0 Å². The Hall–Kier alpha value is -7.28. The van der Waals surface area contributed by atoms with E-state index < -0.39 is 0 Å². The van der Waals surface area contributed by atoms with Crippen LogP contribution in [0.25, 0.3) is 80.7 Å². The van der Waals surface area contributed by atoms with Gasteiger partial charge in [-0.05, 0) is 35.9 Å². The first-order valence-corrected chi connectivity index (χ1v) is 20.0. The molecular formula is C51H32N4OS. The molecule has 1 aliphatic heterocycles. The summed E-state index contributed by atoms with van der Waals surface area (Å²) in [6.07, 6.45) is -0.363. The van der Waals surface area contributed by atoms with E-state index >= 15 is 0 Å². The van der Waals surface area contributed by atoms with Gasteiger partial charge in [0.2, 0.25) is 0 Å². The topological polar surface area (TPSA) is 54.8 Å². The first-order valence-electron chi connectivity index (χ1n) is 19.2. The Bertz CT molecular complexity index is 3390. The van der Waals surface area contributed by atoms with E-state index in [1.54, 1.807) is 0 Å². The van der Waals surface area contributed by atoms with Crippen LogP contribution in [0.2, 0.25) is 0 Å². The minimum absolute atomic E-state index is 0.363. The van der Waals surface area contributed by atoms with Crippen molar-refractivity contribution < 1.29 is 4.42 Å². The van der Waals surface area contributed by atoms with E-state index in [0.717, 1.165) is 72.3 Å². The number of benzene rings is 8. The van der Waals surface area contributed by atoms with Crippen molar-refractivity contribution in [1.82, 2.24) is 9.88 Å². The number of amidine groups is 2. The number of thiophene rings is 1. The molecule has 0 amide bonds. The van der Waals surface area contributed by atoms with Crippen molar-refractivity contribution in [2.45, 2.75) is 6.17 Å². The first kappa shape index (κ1) is 32.0. The smallest absolute Gasteiger partial charge is 0.159 e. The maximum atomic E-state index is 7.13. The summed E-state index contributed by atoms with van der Waals surface area (Å²) in [7, 11) is 0. The number of rotatable bonds is 5. The van der Waals surface area contributed by atoms with E-state index in [2.05, 4.69) is 155 Å². The third-order valence-corrected chi connectivity index (χ3v) is 12.4. The van der Waals surface area contributed by atoms with Crippen molar-refractivity contribution in [1.29, 1.82) is 0 Å². The van der Waals surface area contributed by atoms with Crippen LogP contribution in [0.15, 0.2) is 196 Å². The molecule has 1 N–H and O–H groups in total. The van der Waals surface area contributed by atoms with E-state index in [9.17, 15) is 0 Å². The predicted molar refractivity (Wildman–Crippen MR) is 238 cm³/mol. The molecule has 0 aliphatic carbocycles. The molecule has 12 rings (SSSR count). The van der Waals surface area contributed by atoms with Gasteiger partial charge < -0.3 is 14.3 Å². The van der Waals surface area contributed by atoms with Gasteiger partial charge in [0.1, 0.15) is 17.6 Å². The molecule has 1 atom stereocenters. The fourth-order valence-electron chi connectivity index (χ4n) is 8.79. The lowest BCUT2D eigenvalue weighted by Crippen LogP contribution is -2.33. The lowest BCUT2D eigenvalue weighted by Gasteiger charge is -2.24. The highest BCUT2D eigenvalue weighted by Crippen LogP contribution is 2.47. The Morgan fingerprint density at radius 2 is 1.07 bits per heavy atom. The highest BCUT2D eigenvalue weighted by atomic mass is 32.1. The number of nitrogens with one attached hydrogen (secondary N) is 1. The van der Waals surface area contributed by atoms with E-state index in [1.807, 2.05) is 47.7 Å². The second kappa shape index (κ2) is 12.6. The molecule has 5 nitrogen and oxygen atoms in total. The third-order valence-electron chi connectivity index (χ3n) is 11.3. The van der Waals surface area contributed by atoms with Crippen LogP contribution in [0.5, 0.6) is 0 Å². The van der Waals surface area contributed by atoms with E-state index in [1.165, 1.54) is 30.9 Å². The van der Waals surface area contributed by atoms with E-state index in [0.29, 0.717) is 5.84 Å². The second-order valence-electron chi connectivity index (χ2n) is 14.5. The molecule has 0 radical (unpaired) electrons. The molecule has 1 unspecified atom stereocenters. The molecule has 0 spiro atoms. The number of para-hydroxylation sites is 4. The molecule has 57 heavy (non-hydrogen) atoms. The van der Waals surface area contributed by atoms with Gasteiger partial charge in [-0.3, -0.25) is 0 Å². The average Bonchev–Trinajstić information content (AvgIpc) is 3.97. The summed E-state index contributed by atoms with van der Waals surface area (Å²) in [6, 6.07) is 64.1. The Labute approximate surface area is 331 Å². The Kier molecular flexibility index (Phi) is 7.09. The molecular weight excluding hydrogens is 717 g/mol. The number of hydrogen-bond acceptors (Lipinski definition) is 5. The monoisotopic (exact) mass is 748 g/mol. The second-order valence-corrected chi connectivity index (χ2v) is 15.6. The molecule has 268 valence electrons. The fraction of sp³-hybridized carbons (Fsp3) is 0.0196. The van der Waals surface area contributed by atoms with E-state index in [4.69, 9.17) is 14.4 Å². The fourth-order valence-corrected chi connectivity index (χ4v) is 9.96. The molecule has 1 aliphatic rings. The zero-order valence-electron chi connectivity index (χ0n) is 30.6. The van der Waals surface area contributed by atoms with Crippen LogP contribution in [0.4, 0.5) is 0 Å². The van der Waals surface area contributed by atoms with Gasteiger partial charge >= 0.3 is 0 Å². The summed E-state index contributed by atoms with van der Waals surface area (Å²) in [5.74, 6) is 1.51. The van der Waals surface area contributed by atoms with Crippen LogP contribution in [0.3, 0.4) is 0 Å². The van der Waals surface area contributed by atoms with Gasteiger partial charge in [-0.1, -0.05) is 152 Å². The number of fused-ring (bicyclic) bond motifs is 9. The number of furan rings is 1. The minimum atomic E-state index is -0.363. The summed E-state index contributed by atoms with van der Waals surface area (Å²) in [5, 5.41) is 10.8. The quantitative estimate of drug-likeness (QED) is 0.191. The summed E-state index contributed by atoms with van der Waals surface area (Å²) in [5.41, 5.74) is 10.4. The molecule has 0 saturated carbocycles. The van der Waals surface area contributed by atoms with Crippen LogP contribution >= 0.6 is 11.3 Å². The van der Waals surface area contributed by atoms with Gasteiger partial charge in [-0.2, -0.15) is 0 Å². The summed E-state index contributed by atoms with van der Waals surface area (Å²) < 4.78 is 11.9. The van der Waals surface area contributed by atoms with Gasteiger partial charge in [0.25, 0.3) is 0 Å². The number of aromatic nitrogens is 1. The summed E-state index contributed by atoms with van der Waals surface area (Å²) in [4.78, 5) is 10.3. The molecule has 3 aromatic heterocycles. The van der Waals surface area contributed by atoms with Gasteiger partial charge in [0, 0.05) is 64.0 Å². The summed E-state index contributed by atoms with van der Waals surface area (Å²) in [6.45, 7) is 0. The number of hydrogen-bond donors (Lipinski definition) is 1. The molecule has 0 saturated heterocycles. The number of aliphatic imine (C=N–C) groups is 2. The maximum Gasteiger partial charge on any atom is 0.159 e. The van der Waals surface area contributed by atoms with Crippen molar-refractivity contribution in [2.75, 3.05) is 0 Å². The lowest BCUT2D eigenvalue weighted by atomic mass is 9.95. The predicted octanol–water partition coefficient (Wildman–Crippen LogP) is 13.2. The van der Waals surface area contributed by atoms with E-state index in [-0.39, 0.29) is 6.17 Å². The van der Waals surface area contributed by atoms with Crippen molar-refractivity contribution in [3.8, 4) is 16.8 Å². The standard InChI is InChI=1S/C51H32N4OS/c1-3-15-31(16-4-1)49-52-50(32-17-5-2-6-18-32)54-51(53-49)39-25-14-30-44-46(39)45-35(21-13-29-43(45)57-44)36-22-11-23-37-38-24-12-28-42(48(38)56-47(36)37)55-40-26-9-7-19-33(40)34-20-8-10-27-41(34)55/h1-30,51H,(H,52,53,54). The Morgan fingerprint density at radius 3 is 1.82 bits per heavy atom. The molecule has 0 fully saturated rings. The van der Waals surface area contributed by atoms with Crippen LogP contribution in [0.1, 0.15) is 22.9 Å². The minimum Gasteiger partial charge on any atom is -0.453 e. The van der Waals surface area contributed by atoms with Crippen molar-refractivity contribution in [2.24, 2.45) is 9.98 Å². The van der Waals surface area contributed by atoms with Crippen molar-refractivity contribution >= 4 is 86.9 Å².